The number of methoxy groups -OCH3 is 1. The normalized spacial score (nSPS) is 10.4. The number of aromatic nitrogens is 3. The molecule has 8 nitrogen and oxygen atoms in total. The van der Waals surface area contributed by atoms with Gasteiger partial charge in [-0.15, -0.1) is 10.2 Å². The Balaban J connectivity index is 1.45. The van der Waals surface area contributed by atoms with Crippen molar-refractivity contribution in [3.63, 3.8) is 0 Å². The Kier molecular flexibility index (Phi) is 7.54. The first-order valence-electron chi connectivity index (χ1n) is 9.67. The highest BCUT2D eigenvalue weighted by Crippen LogP contribution is 2.19. The monoisotopic (exact) mass is 408 g/mol. The third-order valence-electron chi connectivity index (χ3n) is 4.39. The largest absolute Gasteiger partial charge is 0.496 e. The maximum Gasteiger partial charge on any atom is 0.272 e. The van der Waals surface area contributed by atoms with Gasteiger partial charge in [-0.05, 0) is 18.2 Å². The molecule has 1 heterocycles. The summed E-state index contributed by atoms with van der Waals surface area (Å²) in [5.74, 6) is 1.74. The van der Waals surface area contributed by atoms with E-state index in [0.717, 1.165) is 17.1 Å². The number of rotatable bonds is 10. The summed E-state index contributed by atoms with van der Waals surface area (Å²) in [5, 5.41) is 10.8. The Morgan fingerprint density at radius 2 is 1.83 bits per heavy atom. The number of benzene rings is 2. The lowest BCUT2D eigenvalue weighted by molar-refractivity contribution is -0.121. The maximum atomic E-state index is 12.3. The molecule has 0 fully saturated rings. The van der Waals surface area contributed by atoms with E-state index in [0.29, 0.717) is 25.4 Å². The van der Waals surface area contributed by atoms with Crippen molar-refractivity contribution < 1.29 is 14.3 Å². The zero-order valence-corrected chi connectivity index (χ0v) is 16.8. The maximum absolute atomic E-state index is 12.3. The fourth-order valence-corrected chi connectivity index (χ4v) is 2.86. The number of hydrogen-bond donors (Lipinski definition) is 2. The summed E-state index contributed by atoms with van der Waals surface area (Å²) < 4.78 is 10.8. The summed E-state index contributed by atoms with van der Waals surface area (Å²) >= 11 is 0. The molecule has 0 atom stereocenters. The number of aromatic amines is 1. The molecular weight excluding hydrogens is 384 g/mol. The summed E-state index contributed by atoms with van der Waals surface area (Å²) in [6.07, 6.45) is 0.756. The first-order valence-corrected chi connectivity index (χ1v) is 9.67. The second kappa shape index (κ2) is 10.8. The first kappa shape index (κ1) is 21.0. The van der Waals surface area contributed by atoms with Crippen LogP contribution < -0.4 is 20.3 Å². The van der Waals surface area contributed by atoms with Gasteiger partial charge in [0.1, 0.15) is 29.6 Å². The minimum atomic E-state index is -0.338. The predicted octanol–water partition coefficient (Wildman–Crippen LogP) is 1.89. The second-order valence-electron chi connectivity index (χ2n) is 6.55. The van der Waals surface area contributed by atoms with Crippen molar-refractivity contribution in [1.29, 1.82) is 0 Å². The van der Waals surface area contributed by atoms with E-state index in [1.165, 1.54) is 0 Å². The average Bonchev–Trinajstić information content (AvgIpc) is 2.77. The highest BCUT2D eigenvalue weighted by molar-refractivity contribution is 5.76. The van der Waals surface area contributed by atoms with Crippen molar-refractivity contribution in [2.75, 3.05) is 20.3 Å². The van der Waals surface area contributed by atoms with E-state index >= 15 is 0 Å². The Morgan fingerprint density at radius 1 is 1.07 bits per heavy atom. The highest BCUT2D eigenvalue weighted by atomic mass is 16.5. The Labute approximate surface area is 174 Å². The number of ether oxygens (including phenoxy) is 2. The van der Waals surface area contributed by atoms with Crippen LogP contribution in [-0.4, -0.2) is 41.3 Å². The van der Waals surface area contributed by atoms with Crippen molar-refractivity contribution >= 4 is 5.91 Å². The number of carbonyl (C=O) groups excluding carboxylic acids is 1. The Hall–Kier alpha value is -3.68. The van der Waals surface area contributed by atoms with Crippen molar-refractivity contribution in [3.05, 3.63) is 82.0 Å². The van der Waals surface area contributed by atoms with Crippen molar-refractivity contribution in [1.82, 2.24) is 20.5 Å². The van der Waals surface area contributed by atoms with E-state index in [1.807, 2.05) is 54.6 Å². The summed E-state index contributed by atoms with van der Waals surface area (Å²) in [6.45, 7) is 0.751. The summed E-state index contributed by atoms with van der Waals surface area (Å²) in [7, 11) is 1.59. The van der Waals surface area contributed by atoms with E-state index in [4.69, 9.17) is 9.47 Å². The van der Waals surface area contributed by atoms with Crippen molar-refractivity contribution in [2.45, 2.75) is 19.3 Å². The van der Waals surface area contributed by atoms with Gasteiger partial charge in [0.2, 0.25) is 5.91 Å². The molecule has 8 heteroatoms. The summed E-state index contributed by atoms with van der Waals surface area (Å²) in [4.78, 5) is 27.0. The number of aryl methyl sites for hydroxylation is 1. The molecule has 0 aliphatic heterocycles. The molecule has 0 unspecified atom stereocenters. The van der Waals surface area contributed by atoms with Gasteiger partial charge in [0.15, 0.2) is 0 Å². The molecule has 30 heavy (non-hydrogen) atoms. The smallest absolute Gasteiger partial charge is 0.272 e. The molecule has 3 aromatic rings. The standard InChI is InChI=1S/C22H24N4O4/c1-29-19-10-6-5-7-16(19)15-20-24-22(28)18(25-26-20)11-12-21(27)23-13-14-30-17-8-3-2-4-9-17/h2-10H,11-15H2,1H3,(H,23,27)(H,24,26,28). The molecule has 1 amide bonds. The Morgan fingerprint density at radius 3 is 2.60 bits per heavy atom. The number of amides is 1. The van der Waals surface area contributed by atoms with Gasteiger partial charge in [-0.25, -0.2) is 0 Å². The van der Waals surface area contributed by atoms with Crippen LogP contribution in [0.15, 0.2) is 59.4 Å². The van der Waals surface area contributed by atoms with E-state index in [9.17, 15) is 9.59 Å². The van der Waals surface area contributed by atoms with Gasteiger partial charge in [-0.1, -0.05) is 36.4 Å². The molecule has 0 spiro atoms. The van der Waals surface area contributed by atoms with Crippen LogP contribution in [-0.2, 0) is 17.6 Å². The van der Waals surface area contributed by atoms with Crippen molar-refractivity contribution in [3.8, 4) is 11.5 Å². The quantitative estimate of drug-likeness (QED) is 0.496. The van der Waals surface area contributed by atoms with Gasteiger partial charge in [0.25, 0.3) is 5.56 Å². The fraction of sp³-hybridized carbons (Fsp3) is 0.273. The van der Waals surface area contributed by atoms with Gasteiger partial charge >= 0.3 is 0 Å². The van der Waals surface area contributed by atoms with Crippen molar-refractivity contribution in [2.24, 2.45) is 0 Å². The minimum absolute atomic E-state index is 0.148. The molecule has 0 radical (unpaired) electrons. The molecule has 156 valence electrons. The van der Waals surface area contributed by atoms with Gasteiger partial charge in [-0.3, -0.25) is 9.59 Å². The van der Waals surface area contributed by atoms with E-state index in [-0.39, 0.29) is 30.0 Å². The lowest BCUT2D eigenvalue weighted by atomic mass is 10.1. The molecule has 0 bridgehead atoms. The molecule has 0 aliphatic rings. The molecule has 0 aliphatic carbocycles. The van der Waals surface area contributed by atoms with Crippen LogP contribution in [0.5, 0.6) is 11.5 Å². The average molecular weight is 408 g/mol. The number of nitrogens with one attached hydrogen (secondary N) is 2. The predicted molar refractivity (Wildman–Crippen MR) is 112 cm³/mol. The number of nitrogens with zero attached hydrogens (tertiary/aromatic N) is 2. The van der Waals surface area contributed by atoms with Crippen LogP contribution in [0.4, 0.5) is 0 Å². The molecule has 1 aromatic heterocycles. The van der Waals surface area contributed by atoms with E-state index < -0.39 is 0 Å². The van der Waals surface area contributed by atoms with Crippen LogP contribution in [0.25, 0.3) is 0 Å². The first-order chi connectivity index (χ1) is 14.7. The lowest BCUT2D eigenvalue weighted by Crippen LogP contribution is -2.29. The summed E-state index contributed by atoms with van der Waals surface area (Å²) in [5.41, 5.74) is 0.791. The topological polar surface area (TPSA) is 106 Å². The van der Waals surface area contributed by atoms with Gasteiger partial charge in [0, 0.05) is 24.8 Å². The number of para-hydroxylation sites is 2. The molecule has 2 aromatic carbocycles. The van der Waals surface area contributed by atoms with Gasteiger partial charge < -0.3 is 19.8 Å². The SMILES string of the molecule is COc1ccccc1Cc1nnc(CCC(=O)NCCOc2ccccc2)c(=O)[nH]1. The van der Waals surface area contributed by atoms with Crippen LogP contribution in [0, 0.1) is 0 Å². The molecular formula is C22H24N4O4. The van der Waals surface area contributed by atoms with E-state index in [2.05, 4.69) is 20.5 Å². The van der Waals surface area contributed by atoms with Crippen LogP contribution in [0.3, 0.4) is 0 Å². The number of hydrogen-bond acceptors (Lipinski definition) is 6. The summed E-state index contributed by atoms with van der Waals surface area (Å²) in [6, 6.07) is 16.9. The molecule has 2 N–H and O–H groups in total. The van der Waals surface area contributed by atoms with Crippen LogP contribution in [0.1, 0.15) is 23.5 Å². The van der Waals surface area contributed by atoms with Crippen LogP contribution in [0.2, 0.25) is 0 Å². The molecule has 0 saturated heterocycles. The van der Waals surface area contributed by atoms with E-state index in [1.54, 1.807) is 7.11 Å². The number of carbonyl (C=O) groups is 1. The third-order valence-corrected chi connectivity index (χ3v) is 4.39. The van der Waals surface area contributed by atoms with Crippen LogP contribution >= 0.6 is 0 Å². The minimum Gasteiger partial charge on any atom is -0.496 e. The van der Waals surface area contributed by atoms with Gasteiger partial charge in [0.05, 0.1) is 13.7 Å². The third kappa shape index (κ3) is 6.16. The molecule has 3 rings (SSSR count). The Bertz CT molecular complexity index is 1020. The highest BCUT2D eigenvalue weighted by Gasteiger charge is 2.10. The zero-order chi connectivity index (χ0) is 21.2. The lowest BCUT2D eigenvalue weighted by Gasteiger charge is -2.08. The number of H-pyrrole nitrogens is 1. The van der Waals surface area contributed by atoms with Gasteiger partial charge in [-0.2, -0.15) is 0 Å². The molecule has 0 saturated carbocycles. The second-order valence-corrected chi connectivity index (χ2v) is 6.55. The fourth-order valence-electron chi connectivity index (χ4n) is 2.86. The zero-order valence-electron chi connectivity index (χ0n) is 16.8.